The molecular weight excluding hydrogens is 306 g/mol. The molecule has 124 valence electrons. The van der Waals surface area contributed by atoms with Gasteiger partial charge in [-0.3, -0.25) is 5.43 Å². The summed E-state index contributed by atoms with van der Waals surface area (Å²) in [4.78, 5) is 2.19. The quantitative estimate of drug-likeness (QED) is 0.457. The van der Waals surface area contributed by atoms with Crippen LogP contribution in [-0.4, -0.2) is 30.5 Å². The van der Waals surface area contributed by atoms with Gasteiger partial charge in [-0.25, -0.2) is 0 Å². The molecule has 1 rings (SSSR count). The summed E-state index contributed by atoms with van der Waals surface area (Å²) < 4.78 is 0. The zero-order chi connectivity index (χ0) is 17.2. The summed E-state index contributed by atoms with van der Waals surface area (Å²) in [7, 11) is 0. The Bertz CT molecular complexity index is 589. The van der Waals surface area contributed by atoms with Crippen LogP contribution in [0.4, 0.5) is 5.69 Å². The van der Waals surface area contributed by atoms with E-state index in [4.69, 9.17) is 17.5 Å². The molecule has 0 saturated carbocycles. The molecular formula is C17H25N5S. The molecule has 5 nitrogen and oxygen atoms in total. The number of nitrogens with zero attached hydrogens (tertiary/aromatic N) is 3. The molecule has 0 radical (unpaired) electrons. The van der Waals surface area contributed by atoms with Gasteiger partial charge in [0.25, 0.3) is 0 Å². The first kappa shape index (κ1) is 18.9. The Labute approximate surface area is 144 Å². The molecule has 0 aliphatic rings. The first-order chi connectivity index (χ1) is 11.0. The van der Waals surface area contributed by atoms with Gasteiger partial charge in [0.2, 0.25) is 0 Å². The van der Waals surface area contributed by atoms with Gasteiger partial charge in [-0.2, -0.15) is 10.4 Å². The van der Waals surface area contributed by atoms with Gasteiger partial charge >= 0.3 is 0 Å². The number of hydrogen-bond donors (Lipinski definition) is 2. The second-order valence-electron chi connectivity index (χ2n) is 5.53. The maximum atomic E-state index is 8.74. The lowest BCUT2D eigenvalue weighted by atomic mass is 10.1. The van der Waals surface area contributed by atoms with E-state index in [0.717, 1.165) is 29.9 Å². The third kappa shape index (κ3) is 6.66. The van der Waals surface area contributed by atoms with E-state index in [1.165, 1.54) is 0 Å². The molecule has 0 aliphatic carbocycles. The first-order valence-corrected chi connectivity index (χ1v) is 8.20. The minimum Gasteiger partial charge on any atom is -0.371 e. The standard InChI is InChI=1S/C17H25N5S/c1-5-22(10-6-9-18)16-8-7-15(14(4)11-16)12-19-21-17(23)20-13(2)3/h7-8,11-13H,5-6,10H2,1-4H3,(H2,20,21,23)/b19-12-. The molecule has 0 saturated heterocycles. The van der Waals surface area contributed by atoms with Crippen LogP contribution in [0.5, 0.6) is 0 Å². The van der Waals surface area contributed by atoms with E-state index in [1.807, 2.05) is 26.8 Å². The Hall–Kier alpha value is -2.13. The number of aryl methyl sites for hydroxylation is 1. The van der Waals surface area contributed by atoms with E-state index in [0.29, 0.717) is 11.5 Å². The molecule has 23 heavy (non-hydrogen) atoms. The SMILES string of the molecule is CCN(CCC#N)c1ccc(/C=N\NC(=S)NC(C)C)c(C)c1. The van der Waals surface area contributed by atoms with Crippen molar-refractivity contribution in [3.8, 4) is 6.07 Å². The molecule has 0 heterocycles. The summed E-state index contributed by atoms with van der Waals surface area (Å²) in [5.41, 5.74) is 6.10. The van der Waals surface area contributed by atoms with Crippen LogP contribution >= 0.6 is 12.2 Å². The van der Waals surface area contributed by atoms with Gasteiger partial charge in [-0.05, 0) is 63.2 Å². The van der Waals surface area contributed by atoms with Gasteiger partial charge in [0, 0.05) is 24.8 Å². The van der Waals surface area contributed by atoms with E-state index in [-0.39, 0.29) is 6.04 Å². The lowest BCUT2D eigenvalue weighted by Gasteiger charge is -2.22. The molecule has 0 spiro atoms. The van der Waals surface area contributed by atoms with Crippen molar-refractivity contribution >= 4 is 29.2 Å². The molecule has 6 heteroatoms. The predicted molar refractivity (Wildman–Crippen MR) is 101 cm³/mol. The third-order valence-electron chi connectivity index (χ3n) is 3.28. The Morgan fingerprint density at radius 3 is 2.78 bits per heavy atom. The average molecular weight is 331 g/mol. The molecule has 0 fully saturated rings. The average Bonchev–Trinajstić information content (AvgIpc) is 2.49. The van der Waals surface area contributed by atoms with Crippen molar-refractivity contribution in [2.45, 2.75) is 40.2 Å². The van der Waals surface area contributed by atoms with Gasteiger partial charge in [-0.1, -0.05) is 6.07 Å². The largest absolute Gasteiger partial charge is 0.371 e. The summed E-state index contributed by atoms with van der Waals surface area (Å²) in [5, 5.41) is 16.5. The van der Waals surface area contributed by atoms with Crippen molar-refractivity contribution in [3.63, 3.8) is 0 Å². The summed E-state index contributed by atoms with van der Waals surface area (Å²) in [6, 6.07) is 8.67. The minimum absolute atomic E-state index is 0.277. The molecule has 0 bridgehead atoms. The van der Waals surface area contributed by atoms with E-state index >= 15 is 0 Å². The van der Waals surface area contributed by atoms with Crippen LogP contribution in [0.25, 0.3) is 0 Å². The molecule has 0 unspecified atom stereocenters. The Morgan fingerprint density at radius 2 is 2.22 bits per heavy atom. The highest BCUT2D eigenvalue weighted by molar-refractivity contribution is 7.80. The number of nitrogens with one attached hydrogen (secondary N) is 2. The molecule has 1 aromatic rings. The Balaban J connectivity index is 2.72. The van der Waals surface area contributed by atoms with Crippen LogP contribution in [0.15, 0.2) is 23.3 Å². The lowest BCUT2D eigenvalue weighted by molar-refractivity contribution is 0.720. The molecule has 0 aromatic heterocycles. The summed E-state index contributed by atoms with van der Waals surface area (Å²) in [5.74, 6) is 0. The monoisotopic (exact) mass is 331 g/mol. The molecule has 2 N–H and O–H groups in total. The van der Waals surface area contributed by atoms with Crippen molar-refractivity contribution in [2.75, 3.05) is 18.0 Å². The molecule has 1 aromatic carbocycles. The van der Waals surface area contributed by atoms with Gasteiger partial charge in [0.1, 0.15) is 0 Å². The molecule has 0 aliphatic heterocycles. The maximum Gasteiger partial charge on any atom is 0.187 e. The van der Waals surface area contributed by atoms with Crippen molar-refractivity contribution in [1.29, 1.82) is 5.26 Å². The fraction of sp³-hybridized carbons (Fsp3) is 0.471. The van der Waals surface area contributed by atoms with E-state index in [2.05, 4.69) is 45.9 Å². The first-order valence-electron chi connectivity index (χ1n) is 7.80. The Kier molecular flexibility index (Phi) is 8.06. The van der Waals surface area contributed by atoms with Gasteiger partial charge < -0.3 is 10.2 Å². The zero-order valence-electron chi connectivity index (χ0n) is 14.3. The van der Waals surface area contributed by atoms with Gasteiger partial charge in [0.15, 0.2) is 5.11 Å². The normalized spacial score (nSPS) is 10.6. The fourth-order valence-corrected chi connectivity index (χ4v) is 2.40. The highest BCUT2D eigenvalue weighted by Crippen LogP contribution is 2.18. The number of rotatable bonds is 7. The second-order valence-corrected chi connectivity index (χ2v) is 5.94. The number of benzene rings is 1. The number of anilines is 1. The van der Waals surface area contributed by atoms with Gasteiger partial charge in [-0.15, -0.1) is 0 Å². The summed E-state index contributed by atoms with van der Waals surface area (Å²) in [6.45, 7) is 9.81. The second kappa shape index (κ2) is 9.80. The number of hydrogen-bond acceptors (Lipinski definition) is 4. The predicted octanol–water partition coefficient (Wildman–Crippen LogP) is 2.94. The van der Waals surface area contributed by atoms with Crippen molar-refractivity contribution in [3.05, 3.63) is 29.3 Å². The van der Waals surface area contributed by atoms with Crippen LogP contribution in [-0.2, 0) is 0 Å². The molecule has 0 amide bonds. The van der Waals surface area contributed by atoms with Crippen molar-refractivity contribution < 1.29 is 0 Å². The Morgan fingerprint density at radius 1 is 1.48 bits per heavy atom. The van der Waals surface area contributed by atoms with Crippen LogP contribution in [0, 0.1) is 18.3 Å². The van der Waals surface area contributed by atoms with Crippen LogP contribution < -0.4 is 15.6 Å². The van der Waals surface area contributed by atoms with E-state index in [1.54, 1.807) is 6.21 Å². The van der Waals surface area contributed by atoms with E-state index < -0.39 is 0 Å². The fourth-order valence-electron chi connectivity index (χ4n) is 2.11. The highest BCUT2D eigenvalue weighted by atomic mass is 32.1. The van der Waals surface area contributed by atoms with Crippen molar-refractivity contribution in [2.24, 2.45) is 5.10 Å². The minimum atomic E-state index is 0.277. The third-order valence-corrected chi connectivity index (χ3v) is 3.49. The van der Waals surface area contributed by atoms with Gasteiger partial charge in [0.05, 0.1) is 18.7 Å². The van der Waals surface area contributed by atoms with Crippen LogP contribution in [0.1, 0.15) is 38.3 Å². The highest BCUT2D eigenvalue weighted by Gasteiger charge is 2.05. The smallest absolute Gasteiger partial charge is 0.187 e. The van der Waals surface area contributed by atoms with Crippen LogP contribution in [0.3, 0.4) is 0 Å². The number of thiocarbonyl (C=S) groups is 1. The van der Waals surface area contributed by atoms with Crippen molar-refractivity contribution in [1.82, 2.24) is 10.7 Å². The summed E-state index contributed by atoms with van der Waals surface area (Å²) in [6.07, 6.45) is 2.29. The zero-order valence-corrected chi connectivity index (χ0v) is 15.1. The molecule has 0 atom stereocenters. The number of hydrazone groups is 1. The van der Waals surface area contributed by atoms with Crippen LogP contribution in [0.2, 0.25) is 0 Å². The number of nitriles is 1. The summed E-state index contributed by atoms with van der Waals surface area (Å²) >= 11 is 5.12. The lowest BCUT2D eigenvalue weighted by Crippen LogP contribution is -2.36. The topological polar surface area (TPSA) is 63.5 Å². The van der Waals surface area contributed by atoms with E-state index in [9.17, 15) is 0 Å². The maximum absolute atomic E-state index is 8.74.